The molecule has 0 saturated carbocycles. The maximum absolute atomic E-state index is 9.61. The van der Waals surface area contributed by atoms with E-state index >= 15 is 0 Å². The topological polar surface area (TPSA) is 50.7 Å². The lowest BCUT2D eigenvalue weighted by Gasteiger charge is -2.32. The SMILES string of the molecule is CNCC(=Cc1cc(Cl)c(O)cc1Cl)B1OC(C)(C)C(C)(C)O1. The first-order chi connectivity index (χ1) is 10.6. The molecule has 0 aliphatic carbocycles. The van der Waals surface area contributed by atoms with Gasteiger partial charge in [-0.1, -0.05) is 29.3 Å². The van der Waals surface area contributed by atoms with Crippen molar-refractivity contribution in [3.8, 4) is 5.75 Å². The number of phenolic OH excluding ortho intramolecular Hbond substituents is 1. The third-order valence-corrected chi connectivity index (χ3v) is 4.97. The summed E-state index contributed by atoms with van der Waals surface area (Å²) in [5.41, 5.74) is 0.770. The van der Waals surface area contributed by atoms with Gasteiger partial charge in [-0.15, -0.1) is 0 Å². The third kappa shape index (κ3) is 3.86. The highest BCUT2D eigenvalue weighted by Crippen LogP contribution is 2.39. The average Bonchev–Trinajstić information content (AvgIpc) is 2.64. The average molecular weight is 358 g/mol. The first-order valence-corrected chi connectivity index (χ1v) is 8.21. The van der Waals surface area contributed by atoms with Crippen LogP contribution in [0.5, 0.6) is 5.75 Å². The quantitative estimate of drug-likeness (QED) is 0.801. The number of benzene rings is 1. The molecule has 0 unspecified atom stereocenters. The van der Waals surface area contributed by atoms with Crippen LogP contribution in [0.1, 0.15) is 33.3 Å². The summed E-state index contributed by atoms with van der Waals surface area (Å²) in [7, 11) is 1.38. The van der Waals surface area contributed by atoms with Crippen molar-refractivity contribution >= 4 is 36.4 Å². The summed E-state index contributed by atoms with van der Waals surface area (Å²) >= 11 is 12.2. The van der Waals surface area contributed by atoms with Crippen molar-refractivity contribution in [2.75, 3.05) is 13.6 Å². The Morgan fingerprint density at radius 3 is 2.26 bits per heavy atom. The molecule has 0 radical (unpaired) electrons. The number of hydrogen-bond acceptors (Lipinski definition) is 4. The minimum absolute atomic E-state index is 0.0420. The Morgan fingerprint density at radius 2 is 1.74 bits per heavy atom. The molecular weight excluding hydrogens is 336 g/mol. The first-order valence-electron chi connectivity index (χ1n) is 7.46. The summed E-state index contributed by atoms with van der Waals surface area (Å²) in [4.78, 5) is 0. The number of nitrogens with one attached hydrogen (secondary N) is 1. The Bertz CT molecular complexity index is 616. The second-order valence-corrected chi connectivity index (χ2v) is 7.48. The predicted octanol–water partition coefficient (Wildman–Crippen LogP) is 3.93. The molecule has 0 bridgehead atoms. The smallest absolute Gasteiger partial charge is 0.491 e. The van der Waals surface area contributed by atoms with Crippen LogP contribution < -0.4 is 5.32 Å². The highest BCUT2D eigenvalue weighted by molar-refractivity contribution is 6.56. The fourth-order valence-electron chi connectivity index (χ4n) is 2.26. The zero-order valence-electron chi connectivity index (χ0n) is 14.0. The number of rotatable bonds is 4. The molecule has 0 atom stereocenters. The van der Waals surface area contributed by atoms with Crippen molar-refractivity contribution < 1.29 is 14.4 Å². The Kier molecular flexibility index (Phi) is 5.39. The van der Waals surface area contributed by atoms with Crippen molar-refractivity contribution in [2.45, 2.75) is 38.9 Å². The second kappa shape index (κ2) is 6.65. The fourth-order valence-corrected chi connectivity index (χ4v) is 2.65. The molecule has 0 amide bonds. The van der Waals surface area contributed by atoms with E-state index in [9.17, 15) is 5.11 Å². The van der Waals surface area contributed by atoms with Crippen LogP contribution in [0.2, 0.25) is 10.0 Å². The van der Waals surface area contributed by atoms with E-state index in [2.05, 4.69) is 5.32 Å². The highest BCUT2D eigenvalue weighted by Gasteiger charge is 2.52. The van der Waals surface area contributed by atoms with Crippen LogP contribution in [-0.4, -0.2) is 37.0 Å². The van der Waals surface area contributed by atoms with Crippen molar-refractivity contribution in [3.63, 3.8) is 0 Å². The summed E-state index contributed by atoms with van der Waals surface area (Å²) in [5.74, 6) is -0.0420. The molecule has 7 heteroatoms. The summed E-state index contributed by atoms with van der Waals surface area (Å²) in [6, 6.07) is 3.05. The van der Waals surface area contributed by atoms with Gasteiger partial charge in [0.1, 0.15) is 5.75 Å². The number of phenols is 1. The highest BCUT2D eigenvalue weighted by atomic mass is 35.5. The summed E-state index contributed by atoms with van der Waals surface area (Å²) in [6.45, 7) is 8.61. The zero-order chi connectivity index (χ0) is 17.4. The van der Waals surface area contributed by atoms with E-state index in [1.54, 1.807) is 6.07 Å². The normalized spacial score (nSPS) is 20.1. The maximum Gasteiger partial charge on any atom is 0.491 e. The molecule has 1 saturated heterocycles. The molecule has 4 nitrogen and oxygen atoms in total. The summed E-state index contributed by atoms with van der Waals surface area (Å²) in [6.07, 6.45) is 1.88. The lowest BCUT2D eigenvalue weighted by atomic mass is 9.77. The molecule has 0 spiro atoms. The molecule has 1 heterocycles. The number of likely N-dealkylation sites (N-methyl/N-ethyl adjacent to an activating group) is 1. The van der Waals surface area contributed by atoms with Gasteiger partial charge in [0, 0.05) is 12.6 Å². The van der Waals surface area contributed by atoms with E-state index in [1.165, 1.54) is 6.07 Å². The van der Waals surface area contributed by atoms with Crippen LogP contribution in [0.25, 0.3) is 6.08 Å². The Balaban J connectivity index is 2.38. The minimum atomic E-state index is -0.476. The van der Waals surface area contributed by atoms with Gasteiger partial charge in [0.25, 0.3) is 0 Å². The van der Waals surface area contributed by atoms with Gasteiger partial charge >= 0.3 is 7.12 Å². The zero-order valence-corrected chi connectivity index (χ0v) is 15.5. The van der Waals surface area contributed by atoms with Crippen LogP contribution in [0.4, 0.5) is 0 Å². The van der Waals surface area contributed by atoms with Gasteiger partial charge in [0.15, 0.2) is 0 Å². The Hall–Kier alpha value is -0.715. The van der Waals surface area contributed by atoms with Crippen LogP contribution in [0, 0.1) is 0 Å². The van der Waals surface area contributed by atoms with Gasteiger partial charge < -0.3 is 19.7 Å². The minimum Gasteiger partial charge on any atom is -0.506 e. The van der Waals surface area contributed by atoms with Gasteiger partial charge in [0.05, 0.1) is 21.2 Å². The monoisotopic (exact) mass is 357 g/mol. The van der Waals surface area contributed by atoms with Crippen molar-refractivity contribution in [1.82, 2.24) is 5.32 Å². The molecule has 1 fully saturated rings. The van der Waals surface area contributed by atoms with Crippen LogP contribution in [0.3, 0.4) is 0 Å². The molecule has 1 aliphatic rings. The summed E-state index contributed by atoms with van der Waals surface area (Å²) < 4.78 is 12.2. The summed E-state index contributed by atoms with van der Waals surface area (Å²) in [5, 5.41) is 13.4. The molecule has 0 aromatic heterocycles. The molecule has 126 valence electrons. The number of aromatic hydroxyl groups is 1. The van der Waals surface area contributed by atoms with E-state index in [4.69, 9.17) is 32.5 Å². The van der Waals surface area contributed by atoms with Gasteiger partial charge in [-0.25, -0.2) is 0 Å². The number of halogens is 2. The standard InChI is InChI=1S/C16H22BCl2NO3/c1-15(2)16(3,4)23-17(22-15)11(9-20-5)6-10-7-13(19)14(21)8-12(10)18/h6-8,20-21H,9H2,1-5H3. The van der Waals surface area contributed by atoms with E-state index in [0.717, 1.165) is 5.47 Å². The number of hydrogen-bond donors (Lipinski definition) is 2. The van der Waals surface area contributed by atoms with Crippen molar-refractivity contribution in [3.05, 3.63) is 33.2 Å². The molecule has 2 N–H and O–H groups in total. The van der Waals surface area contributed by atoms with Gasteiger partial charge in [-0.05, 0) is 51.8 Å². The molecule has 2 rings (SSSR count). The van der Waals surface area contributed by atoms with E-state index in [0.29, 0.717) is 17.1 Å². The third-order valence-electron chi connectivity index (χ3n) is 4.34. The Morgan fingerprint density at radius 1 is 1.17 bits per heavy atom. The van der Waals surface area contributed by atoms with Crippen molar-refractivity contribution in [1.29, 1.82) is 0 Å². The van der Waals surface area contributed by atoms with E-state index in [1.807, 2.05) is 40.8 Å². The molecule has 23 heavy (non-hydrogen) atoms. The first kappa shape index (κ1) is 18.6. The van der Waals surface area contributed by atoms with E-state index in [-0.39, 0.29) is 10.8 Å². The van der Waals surface area contributed by atoms with Crippen LogP contribution >= 0.6 is 23.2 Å². The molecular formula is C16H22BCl2NO3. The maximum atomic E-state index is 9.61. The van der Waals surface area contributed by atoms with Gasteiger partial charge in [0.2, 0.25) is 0 Å². The predicted molar refractivity (Wildman–Crippen MR) is 96.1 cm³/mol. The lowest BCUT2D eigenvalue weighted by Crippen LogP contribution is -2.41. The molecule has 1 aliphatic heterocycles. The lowest BCUT2D eigenvalue weighted by molar-refractivity contribution is 0.00578. The fraction of sp³-hybridized carbons (Fsp3) is 0.500. The van der Waals surface area contributed by atoms with E-state index < -0.39 is 18.3 Å². The largest absolute Gasteiger partial charge is 0.506 e. The molecule has 1 aromatic rings. The van der Waals surface area contributed by atoms with Gasteiger partial charge in [-0.2, -0.15) is 0 Å². The van der Waals surface area contributed by atoms with Crippen molar-refractivity contribution in [2.24, 2.45) is 0 Å². The van der Waals surface area contributed by atoms with Crippen LogP contribution in [0.15, 0.2) is 17.6 Å². The van der Waals surface area contributed by atoms with Gasteiger partial charge in [-0.3, -0.25) is 0 Å². The second-order valence-electron chi connectivity index (χ2n) is 6.66. The molecule has 1 aromatic carbocycles. The van der Waals surface area contributed by atoms with Crippen LogP contribution in [-0.2, 0) is 9.31 Å². The Labute approximate surface area is 147 Å².